The van der Waals surface area contributed by atoms with Crippen molar-refractivity contribution in [2.24, 2.45) is 0 Å². The van der Waals surface area contributed by atoms with Crippen LogP contribution in [0, 0.1) is 0 Å². The van der Waals surface area contributed by atoms with Crippen LogP contribution in [0.15, 0.2) is 78.9 Å². The van der Waals surface area contributed by atoms with Crippen molar-refractivity contribution >= 4 is 28.2 Å². The second-order valence-corrected chi connectivity index (χ2v) is 8.40. The number of aromatic nitrogens is 1. The Morgan fingerprint density at radius 2 is 1.63 bits per heavy atom. The number of amides is 1. The summed E-state index contributed by atoms with van der Waals surface area (Å²) in [4.78, 5) is 19.1. The quantitative estimate of drug-likeness (QED) is 0.396. The Kier molecular flexibility index (Phi) is 6.13. The molecule has 178 valence electrons. The lowest BCUT2D eigenvalue weighted by Gasteiger charge is -2.27. The van der Waals surface area contributed by atoms with Crippen LogP contribution in [0.1, 0.15) is 15.9 Å². The summed E-state index contributed by atoms with van der Waals surface area (Å²) in [6.45, 7) is 2.90. The molecule has 0 saturated carbocycles. The fourth-order valence-electron chi connectivity index (χ4n) is 4.17. The van der Waals surface area contributed by atoms with Gasteiger partial charge in [-0.15, -0.1) is 0 Å². The van der Waals surface area contributed by atoms with Crippen molar-refractivity contribution in [1.82, 2.24) is 15.2 Å². The molecule has 1 amide bonds. The standard InChI is InChI=1S/C27H23F3N4O/c28-27(29,30)20-8-11-22-24(16-20)33-23(18-4-2-1-3-5-18)17-25(22)32-21-9-6-19(7-10-21)26(35)34-14-12-31-13-15-34/h1-11,16-17,31H,12-15H2,(H,32,33). The molecule has 3 aromatic carbocycles. The topological polar surface area (TPSA) is 57.3 Å². The summed E-state index contributed by atoms with van der Waals surface area (Å²) in [5.74, 6) is -0.0153. The highest BCUT2D eigenvalue weighted by Gasteiger charge is 2.31. The van der Waals surface area contributed by atoms with Gasteiger partial charge in [0.2, 0.25) is 0 Å². The van der Waals surface area contributed by atoms with Gasteiger partial charge in [0, 0.05) is 48.4 Å². The summed E-state index contributed by atoms with van der Waals surface area (Å²) in [6.07, 6.45) is -4.46. The Morgan fingerprint density at radius 1 is 0.914 bits per heavy atom. The predicted octanol–water partition coefficient (Wildman–Crippen LogP) is 5.71. The van der Waals surface area contributed by atoms with Crippen LogP contribution in [-0.4, -0.2) is 42.0 Å². The second-order valence-electron chi connectivity index (χ2n) is 8.40. The Balaban J connectivity index is 1.49. The monoisotopic (exact) mass is 476 g/mol. The van der Waals surface area contributed by atoms with Gasteiger partial charge >= 0.3 is 6.18 Å². The number of carbonyl (C=O) groups is 1. The molecule has 8 heteroatoms. The third kappa shape index (κ3) is 4.97. The molecule has 1 fully saturated rings. The van der Waals surface area contributed by atoms with Gasteiger partial charge in [0.25, 0.3) is 5.91 Å². The van der Waals surface area contributed by atoms with E-state index in [0.29, 0.717) is 41.1 Å². The SMILES string of the molecule is O=C(c1ccc(Nc2cc(-c3ccccc3)nc3cc(C(F)(F)F)ccc23)cc1)N1CCNCC1. The average Bonchev–Trinajstić information content (AvgIpc) is 2.89. The summed E-state index contributed by atoms with van der Waals surface area (Å²) in [6, 6.07) is 21.8. The molecule has 0 spiro atoms. The van der Waals surface area contributed by atoms with E-state index in [2.05, 4.69) is 15.6 Å². The normalized spacial score (nSPS) is 14.2. The number of benzene rings is 3. The third-order valence-electron chi connectivity index (χ3n) is 6.02. The number of nitrogens with one attached hydrogen (secondary N) is 2. The minimum Gasteiger partial charge on any atom is -0.355 e. The molecule has 4 aromatic rings. The fourth-order valence-corrected chi connectivity index (χ4v) is 4.17. The molecular weight excluding hydrogens is 453 g/mol. The number of hydrogen-bond donors (Lipinski definition) is 2. The van der Waals surface area contributed by atoms with Gasteiger partial charge in [-0.25, -0.2) is 4.98 Å². The molecule has 1 saturated heterocycles. The van der Waals surface area contributed by atoms with Gasteiger partial charge < -0.3 is 15.5 Å². The average molecular weight is 477 g/mol. The molecule has 1 aliphatic heterocycles. The minimum absolute atomic E-state index is 0.0153. The highest BCUT2D eigenvalue weighted by molar-refractivity contribution is 5.97. The molecule has 2 heterocycles. The van der Waals surface area contributed by atoms with Crippen molar-refractivity contribution in [3.8, 4) is 11.3 Å². The van der Waals surface area contributed by atoms with E-state index < -0.39 is 11.7 Å². The molecule has 0 radical (unpaired) electrons. The van der Waals surface area contributed by atoms with Crippen molar-refractivity contribution in [2.45, 2.75) is 6.18 Å². The van der Waals surface area contributed by atoms with Gasteiger partial charge in [0.1, 0.15) is 0 Å². The van der Waals surface area contributed by atoms with Gasteiger partial charge in [-0.1, -0.05) is 36.4 Å². The number of rotatable bonds is 4. The number of alkyl halides is 3. The van der Waals surface area contributed by atoms with Gasteiger partial charge in [-0.05, 0) is 42.5 Å². The van der Waals surface area contributed by atoms with Crippen LogP contribution >= 0.6 is 0 Å². The summed E-state index contributed by atoms with van der Waals surface area (Å²) < 4.78 is 40.0. The second kappa shape index (κ2) is 9.38. The molecule has 35 heavy (non-hydrogen) atoms. The Morgan fingerprint density at radius 3 is 2.31 bits per heavy atom. The lowest BCUT2D eigenvalue weighted by molar-refractivity contribution is -0.137. The van der Waals surface area contributed by atoms with Crippen molar-refractivity contribution < 1.29 is 18.0 Å². The van der Waals surface area contributed by atoms with Gasteiger partial charge in [-0.2, -0.15) is 13.2 Å². The number of pyridine rings is 1. The Labute approximate surface area is 200 Å². The molecule has 2 N–H and O–H groups in total. The molecule has 0 unspecified atom stereocenters. The van der Waals surface area contributed by atoms with Crippen LogP contribution in [0.5, 0.6) is 0 Å². The fraction of sp³-hybridized carbons (Fsp3) is 0.185. The zero-order valence-electron chi connectivity index (χ0n) is 18.8. The smallest absolute Gasteiger partial charge is 0.355 e. The van der Waals surface area contributed by atoms with E-state index >= 15 is 0 Å². The molecule has 0 atom stereocenters. The summed E-state index contributed by atoms with van der Waals surface area (Å²) in [7, 11) is 0. The molecule has 5 rings (SSSR count). The summed E-state index contributed by atoms with van der Waals surface area (Å²) in [5.41, 5.74) is 2.80. The van der Waals surface area contributed by atoms with Crippen molar-refractivity contribution in [3.63, 3.8) is 0 Å². The molecule has 1 aliphatic rings. The van der Waals surface area contributed by atoms with Crippen molar-refractivity contribution in [1.29, 1.82) is 0 Å². The maximum absolute atomic E-state index is 13.3. The number of nitrogens with zero attached hydrogens (tertiary/aromatic N) is 2. The number of carbonyl (C=O) groups excluding carboxylic acids is 1. The number of anilines is 2. The first-order valence-electron chi connectivity index (χ1n) is 11.3. The zero-order chi connectivity index (χ0) is 24.4. The highest BCUT2D eigenvalue weighted by Crippen LogP contribution is 2.35. The first-order chi connectivity index (χ1) is 16.9. The summed E-state index contributed by atoms with van der Waals surface area (Å²) >= 11 is 0. The van der Waals surface area contributed by atoms with Crippen molar-refractivity contribution in [3.05, 3.63) is 90.0 Å². The summed E-state index contributed by atoms with van der Waals surface area (Å²) in [5, 5.41) is 7.10. The van der Waals surface area contributed by atoms with Gasteiger partial charge in [0.15, 0.2) is 0 Å². The first-order valence-corrected chi connectivity index (χ1v) is 11.3. The third-order valence-corrected chi connectivity index (χ3v) is 6.02. The van der Waals surface area contributed by atoms with E-state index in [1.165, 1.54) is 6.07 Å². The molecule has 1 aromatic heterocycles. The number of fused-ring (bicyclic) bond motifs is 1. The van der Waals surface area contributed by atoms with Crippen LogP contribution < -0.4 is 10.6 Å². The van der Waals surface area contributed by atoms with Crippen LogP contribution in [-0.2, 0) is 6.18 Å². The highest BCUT2D eigenvalue weighted by atomic mass is 19.4. The lowest BCUT2D eigenvalue weighted by atomic mass is 10.1. The van der Waals surface area contributed by atoms with Crippen LogP contribution in [0.4, 0.5) is 24.5 Å². The van der Waals surface area contributed by atoms with Crippen LogP contribution in [0.25, 0.3) is 22.2 Å². The maximum atomic E-state index is 13.3. The van der Waals surface area contributed by atoms with Crippen LogP contribution in [0.2, 0.25) is 0 Å². The van der Waals surface area contributed by atoms with Gasteiger partial charge in [-0.3, -0.25) is 4.79 Å². The van der Waals surface area contributed by atoms with E-state index in [4.69, 9.17) is 0 Å². The zero-order valence-corrected chi connectivity index (χ0v) is 18.8. The maximum Gasteiger partial charge on any atom is 0.416 e. The number of piperazine rings is 1. The Bertz CT molecular complexity index is 1350. The van der Waals surface area contributed by atoms with E-state index in [9.17, 15) is 18.0 Å². The van der Waals surface area contributed by atoms with E-state index in [1.54, 1.807) is 24.3 Å². The minimum atomic E-state index is -4.46. The molecule has 0 bridgehead atoms. The lowest BCUT2D eigenvalue weighted by Crippen LogP contribution is -2.46. The molecular formula is C27H23F3N4O. The predicted molar refractivity (Wildman–Crippen MR) is 131 cm³/mol. The number of halogens is 3. The molecule has 0 aliphatic carbocycles. The molecule has 5 nitrogen and oxygen atoms in total. The first kappa shape index (κ1) is 22.9. The Hall–Kier alpha value is -3.91. The van der Waals surface area contributed by atoms with Gasteiger partial charge in [0.05, 0.1) is 22.5 Å². The van der Waals surface area contributed by atoms with E-state index in [-0.39, 0.29) is 11.4 Å². The van der Waals surface area contributed by atoms with E-state index in [1.807, 2.05) is 41.3 Å². The van der Waals surface area contributed by atoms with Crippen molar-refractivity contribution in [2.75, 3.05) is 31.5 Å². The largest absolute Gasteiger partial charge is 0.416 e. The van der Waals surface area contributed by atoms with E-state index in [0.717, 1.165) is 30.8 Å². The number of hydrogen-bond acceptors (Lipinski definition) is 4. The van der Waals surface area contributed by atoms with Crippen LogP contribution in [0.3, 0.4) is 0 Å².